The number of halogens is 2. The van der Waals surface area contributed by atoms with E-state index in [1.165, 1.54) is 12.0 Å². The highest BCUT2D eigenvalue weighted by molar-refractivity contribution is 9.10. The van der Waals surface area contributed by atoms with E-state index in [0.29, 0.717) is 6.61 Å². The maximum Gasteiger partial charge on any atom is 0.0551 e. The van der Waals surface area contributed by atoms with E-state index >= 15 is 0 Å². The normalized spacial score (nSPS) is 10.8. The molecule has 0 aliphatic heterocycles. The zero-order valence-electron chi connectivity index (χ0n) is 9.88. The molecule has 96 valence electrons. The molecule has 0 heterocycles. The van der Waals surface area contributed by atoms with E-state index in [2.05, 4.69) is 27.3 Å². The summed E-state index contributed by atoms with van der Waals surface area (Å²) in [5.74, 6) is 0. The maximum absolute atomic E-state index is 8.63. The lowest BCUT2D eigenvalue weighted by atomic mass is 10.2. The molecule has 0 aliphatic carbocycles. The molecule has 0 saturated carbocycles. The van der Waals surface area contributed by atoms with Crippen molar-refractivity contribution in [2.75, 3.05) is 13.2 Å². The van der Waals surface area contributed by atoms with Crippen molar-refractivity contribution in [3.63, 3.8) is 0 Å². The first-order valence-electron chi connectivity index (χ1n) is 5.99. The summed E-state index contributed by atoms with van der Waals surface area (Å²) in [7, 11) is 0. The van der Waals surface area contributed by atoms with Crippen molar-refractivity contribution in [3.05, 3.63) is 33.3 Å². The molecule has 0 amide bonds. The van der Waals surface area contributed by atoms with Gasteiger partial charge in [0.2, 0.25) is 0 Å². The minimum absolute atomic E-state index is 0.310. The lowest BCUT2D eigenvalue weighted by molar-refractivity contribution is 0.282. The smallest absolute Gasteiger partial charge is 0.0551 e. The van der Waals surface area contributed by atoms with E-state index in [9.17, 15) is 0 Å². The number of aliphatic hydroxyl groups excluding tert-OH is 1. The van der Waals surface area contributed by atoms with Crippen LogP contribution >= 0.6 is 27.5 Å². The maximum atomic E-state index is 8.63. The van der Waals surface area contributed by atoms with Crippen molar-refractivity contribution >= 4 is 27.5 Å². The van der Waals surface area contributed by atoms with Crippen LogP contribution in [-0.4, -0.2) is 18.3 Å². The number of rotatable bonds is 8. The Hall–Kier alpha value is -0.0900. The molecule has 17 heavy (non-hydrogen) atoms. The lowest BCUT2D eigenvalue weighted by Crippen LogP contribution is -2.14. The lowest BCUT2D eigenvalue weighted by Gasteiger charge is -2.06. The van der Waals surface area contributed by atoms with E-state index in [0.717, 1.165) is 41.8 Å². The molecule has 2 N–H and O–H groups in total. The van der Waals surface area contributed by atoms with Crippen LogP contribution < -0.4 is 5.32 Å². The van der Waals surface area contributed by atoms with Gasteiger partial charge in [-0.25, -0.2) is 0 Å². The molecule has 0 atom stereocenters. The zero-order valence-corrected chi connectivity index (χ0v) is 12.2. The monoisotopic (exact) mass is 319 g/mol. The van der Waals surface area contributed by atoms with E-state index in [4.69, 9.17) is 16.7 Å². The first-order chi connectivity index (χ1) is 8.24. The predicted molar refractivity (Wildman–Crippen MR) is 76.4 cm³/mol. The summed E-state index contributed by atoms with van der Waals surface area (Å²) in [6, 6.07) is 6.01. The minimum Gasteiger partial charge on any atom is -0.396 e. The van der Waals surface area contributed by atoms with Gasteiger partial charge in [0.1, 0.15) is 0 Å². The summed E-state index contributed by atoms with van der Waals surface area (Å²) in [4.78, 5) is 0. The number of benzene rings is 1. The summed E-state index contributed by atoms with van der Waals surface area (Å²) in [6.45, 7) is 2.18. The standard InChI is InChI=1S/C13H19BrClNO/c14-12-6-5-11(9-13(12)15)10-16-7-3-1-2-4-8-17/h5-6,9,16-17H,1-4,7-8,10H2. The van der Waals surface area contributed by atoms with Gasteiger partial charge < -0.3 is 10.4 Å². The number of nitrogens with one attached hydrogen (secondary N) is 1. The summed E-state index contributed by atoms with van der Waals surface area (Å²) in [5, 5.41) is 12.8. The summed E-state index contributed by atoms with van der Waals surface area (Å²) >= 11 is 9.39. The second-order valence-electron chi connectivity index (χ2n) is 4.06. The Morgan fingerprint density at radius 1 is 1.18 bits per heavy atom. The molecule has 1 aromatic carbocycles. The highest BCUT2D eigenvalue weighted by atomic mass is 79.9. The number of unbranched alkanes of at least 4 members (excludes halogenated alkanes) is 3. The van der Waals surface area contributed by atoms with Crippen LogP contribution in [-0.2, 0) is 6.54 Å². The molecule has 0 aromatic heterocycles. The largest absolute Gasteiger partial charge is 0.396 e. The Morgan fingerprint density at radius 3 is 2.65 bits per heavy atom. The molecule has 0 bridgehead atoms. The highest BCUT2D eigenvalue weighted by Gasteiger charge is 1.98. The Labute approximate surface area is 117 Å². The fourth-order valence-electron chi connectivity index (χ4n) is 1.60. The molecule has 2 nitrogen and oxygen atoms in total. The molecule has 0 unspecified atom stereocenters. The SMILES string of the molecule is OCCCCCCNCc1ccc(Br)c(Cl)c1. The molecular weight excluding hydrogens is 302 g/mol. The number of aliphatic hydroxyl groups is 1. The molecule has 4 heteroatoms. The van der Waals surface area contributed by atoms with Crippen molar-refractivity contribution in [1.29, 1.82) is 0 Å². The Bertz CT molecular complexity index is 333. The zero-order chi connectivity index (χ0) is 12.5. The summed E-state index contributed by atoms with van der Waals surface area (Å²) in [6.07, 6.45) is 4.36. The molecule has 1 rings (SSSR count). The number of hydrogen-bond donors (Lipinski definition) is 2. The number of hydrogen-bond acceptors (Lipinski definition) is 2. The highest BCUT2D eigenvalue weighted by Crippen LogP contribution is 2.22. The van der Waals surface area contributed by atoms with E-state index in [1.807, 2.05) is 12.1 Å². The van der Waals surface area contributed by atoms with Gasteiger partial charge in [0.05, 0.1) is 5.02 Å². The first kappa shape index (κ1) is 15.0. The van der Waals surface area contributed by atoms with Crippen LogP contribution in [0.1, 0.15) is 31.2 Å². The summed E-state index contributed by atoms with van der Waals surface area (Å²) in [5.41, 5.74) is 1.20. The summed E-state index contributed by atoms with van der Waals surface area (Å²) < 4.78 is 0.937. The van der Waals surface area contributed by atoms with Gasteiger partial charge in [-0.2, -0.15) is 0 Å². The third-order valence-electron chi connectivity index (χ3n) is 2.57. The van der Waals surface area contributed by atoms with Crippen LogP contribution in [0, 0.1) is 0 Å². The average Bonchev–Trinajstić information content (AvgIpc) is 2.32. The van der Waals surface area contributed by atoms with Crippen molar-refractivity contribution in [1.82, 2.24) is 5.32 Å². The Kier molecular flexibility index (Phi) is 7.86. The average molecular weight is 321 g/mol. The van der Waals surface area contributed by atoms with E-state index in [-0.39, 0.29) is 0 Å². The predicted octanol–water partition coefficient (Wildman–Crippen LogP) is 3.74. The van der Waals surface area contributed by atoms with Crippen LogP contribution in [0.4, 0.5) is 0 Å². The third-order valence-corrected chi connectivity index (χ3v) is 3.81. The fraction of sp³-hybridized carbons (Fsp3) is 0.538. The van der Waals surface area contributed by atoms with Gasteiger partial charge in [-0.05, 0) is 53.0 Å². The van der Waals surface area contributed by atoms with E-state index in [1.54, 1.807) is 0 Å². The van der Waals surface area contributed by atoms with Gasteiger partial charge in [0.15, 0.2) is 0 Å². The molecule has 0 aliphatic rings. The van der Waals surface area contributed by atoms with Gasteiger partial charge in [0, 0.05) is 17.6 Å². The fourth-order valence-corrected chi connectivity index (χ4v) is 2.05. The molecule has 0 spiro atoms. The minimum atomic E-state index is 0.310. The van der Waals surface area contributed by atoms with Crippen LogP contribution in [0.25, 0.3) is 0 Å². The van der Waals surface area contributed by atoms with Gasteiger partial charge in [0.25, 0.3) is 0 Å². The quantitative estimate of drug-likeness (QED) is 0.715. The van der Waals surface area contributed by atoms with Gasteiger partial charge >= 0.3 is 0 Å². The Balaban J connectivity index is 2.11. The Morgan fingerprint density at radius 2 is 1.94 bits per heavy atom. The molecule has 0 saturated heterocycles. The topological polar surface area (TPSA) is 32.3 Å². The van der Waals surface area contributed by atoms with Crippen molar-refractivity contribution in [3.8, 4) is 0 Å². The van der Waals surface area contributed by atoms with Crippen molar-refractivity contribution in [2.24, 2.45) is 0 Å². The molecule has 0 fully saturated rings. The molecule has 0 radical (unpaired) electrons. The van der Waals surface area contributed by atoms with Crippen molar-refractivity contribution < 1.29 is 5.11 Å². The van der Waals surface area contributed by atoms with Gasteiger partial charge in [-0.1, -0.05) is 30.5 Å². The van der Waals surface area contributed by atoms with Crippen LogP contribution in [0.2, 0.25) is 5.02 Å². The molecule has 1 aromatic rings. The second kappa shape index (κ2) is 8.92. The van der Waals surface area contributed by atoms with Crippen molar-refractivity contribution in [2.45, 2.75) is 32.2 Å². The van der Waals surface area contributed by atoms with Crippen LogP contribution in [0.15, 0.2) is 22.7 Å². The second-order valence-corrected chi connectivity index (χ2v) is 5.32. The van der Waals surface area contributed by atoms with Crippen LogP contribution in [0.5, 0.6) is 0 Å². The van der Waals surface area contributed by atoms with Crippen LogP contribution in [0.3, 0.4) is 0 Å². The van der Waals surface area contributed by atoms with E-state index < -0.39 is 0 Å². The molecular formula is C13H19BrClNO. The third kappa shape index (κ3) is 6.41. The first-order valence-corrected chi connectivity index (χ1v) is 7.16. The van der Waals surface area contributed by atoms with Gasteiger partial charge in [-0.15, -0.1) is 0 Å². The van der Waals surface area contributed by atoms with Gasteiger partial charge in [-0.3, -0.25) is 0 Å².